The van der Waals surface area contributed by atoms with Crippen LogP contribution >= 0.6 is 0 Å². The van der Waals surface area contributed by atoms with Gasteiger partial charge < -0.3 is 13.7 Å². The van der Waals surface area contributed by atoms with Crippen molar-refractivity contribution < 1.29 is 8.83 Å². The average molecular weight is 1210 g/mol. The molecule has 0 unspecified atom stereocenters. The molecule has 3 heteroatoms. The maximum atomic E-state index is 7.12. The Balaban J connectivity index is 0.860. The van der Waals surface area contributed by atoms with E-state index in [0.717, 1.165) is 55.6 Å². The number of para-hydroxylation sites is 2. The summed E-state index contributed by atoms with van der Waals surface area (Å²) in [6.45, 7) is 9.78. The highest BCUT2D eigenvalue weighted by atomic mass is 16.3. The van der Waals surface area contributed by atoms with Crippen LogP contribution < -0.4 is 4.90 Å². The van der Waals surface area contributed by atoms with Gasteiger partial charge in [0.1, 0.15) is 22.3 Å². The first-order valence-electron chi connectivity index (χ1n) is 33.4. The molecule has 3 nitrogen and oxygen atoms in total. The van der Waals surface area contributed by atoms with Gasteiger partial charge in [0.2, 0.25) is 0 Å². The summed E-state index contributed by atoms with van der Waals surface area (Å²) in [6.07, 6.45) is 0. The third kappa shape index (κ3) is 7.09. The summed E-state index contributed by atoms with van der Waals surface area (Å²) in [4.78, 5) is 2.53. The minimum absolute atomic E-state index is 0.280. The zero-order valence-corrected chi connectivity index (χ0v) is 53.2. The van der Waals surface area contributed by atoms with Gasteiger partial charge in [-0.3, -0.25) is 0 Å². The number of fused-ring (bicyclic) bond motifs is 22. The number of rotatable bonds is 8. The van der Waals surface area contributed by atoms with Crippen LogP contribution in [0.3, 0.4) is 0 Å². The number of hydrogen-bond donors (Lipinski definition) is 0. The molecule has 0 radical (unpaired) electrons. The van der Waals surface area contributed by atoms with Crippen molar-refractivity contribution in [3.8, 4) is 55.6 Å². The Morgan fingerprint density at radius 3 is 1.34 bits per heavy atom. The van der Waals surface area contributed by atoms with Crippen LogP contribution in [0.15, 0.2) is 318 Å². The summed E-state index contributed by atoms with van der Waals surface area (Å²) in [7, 11) is 0. The van der Waals surface area contributed by atoms with Crippen molar-refractivity contribution in [2.45, 2.75) is 49.4 Å². The van der Waals surface area contributed by atoms with Crippen molar-refractivity contribution in [1.82, 2.24) is 0 Å². The maximum Gasteiger partial charge on any atom is 0.144 e. The Hall–Kier alpha value is -11.5. The average Bonchev–Trinajstić information content (AvgIpc) is 1.51. The molecule has 0 saturated carbocycles. The first kappa shape index (κ1) is 54.1. The predicted octanol–water partition coefficient (Wildman–Crippen LogP) is 24.0. The normalized spacial score (nSPS) is 15.1. The fraction of sp³-hybridized carbons (Fsp3) is 0.0870. The van der Waals surface area contributed by atoms with Gasteiger partial charge in [0.25, 0.3) is 0 Å². The zero-order chi connectivity index (χ0) is 63.1. The molecule has 448 valence electrons. The van der Waals surface area contributed by atoms with E-state index in [1.54, 1.807) is 0 Å². The standard InChI is InChI=1S/C92H63NO2/c1-89(2)72-39-23-20-36-66(72)85-87(89)86-83(84-69-38-22-25-41-79(69)95-88(84)85)67-49-47-63(52-74(67)90(86,3)4)93(62-44-42-57(43-45-62)56-26-10-5-11-27-56)64-46-48-65-70-54-77-71(55-76(70)92(75(65)53-64,60-32-16-8-17-33-60)61-34-18-9-19-35-61)81-73(50-51-80-82(81)68-37-21-24-40-78(68)94-80)91(77,58-28-12-6-13-29-58)59-30-14-7-15-31-59/h5-55H,1-4H3. The number of furan rings is 2. The lowest BCUT2D eigenvalue weighted by molar-refractivity contribution is 0.600. The largest absolute Gasteiger partial charge is 0.456 e. The Bertz CT molecular complexity index is 5800. The molecule has 0 saturated heterocycles. The molecule has 0 N–H and O–H groups in total. The number of anilines is 3. The van der Waals surface area contributed by atoms with Crippen LogP contribution in [-0.4, -0.2) is 0 Å². The Morgan fingerprint density at radius 1 is 0.263 bits per heavy atom. The molecule has 20 rings (SSSR count). The molecule has 95 heavy (non-hydrogen) atoms. The first-order valence-corrected chi connectivity index (χ1v) is 33.4. The molecule has 4 aliphatic rings. The van der Waals surface area contributed by atoms with E-state index >= 15 is 0 Å². The zero-order valence-electron chi connectivity index (χ0n) is 53.2. The molecule has 0 bridgehead atoms. The quantitative estimate of drug-likeness (QED) is 0.152. The maximum absolute atomic E-state index is 7.12. The van der Waals surface area contributed by atoms with Gasteiger partial charge in [0, 0.05) is 55.0 Å². The van der Waals surface area contributed by atoms with Crippen LogP contribution in [0, 0.1) is 0 Å². The van der Waals surface area contributed by atoms with E-state index in [4.69, 9.17) is 8.83 Å². The molecule has 2 aromatic heterocycles. The Kier molecular flexibility index (Phi) is 11.1. The lowest BCUT2D eigenvalue weighted by Crippen LogP contribution is -2.30. The molecule has 0 amide bonds. The van der Waals surface area contributed by atoms with Crippen LogP contribution in [0.25, 0.3) is 99.5 Å². The molecule has 2 heterocycles. The van der Waals surface area contributed by atoms with Gasteiger partial charge in [0.05, 0.1) is 10.8 Å². The Morgan fingerprint density at radius 2 is 0.705 bits per heavy atom. The van der Waals surface area contributed by atoms with Crippen molar-refractivity contribution in [1.29, 1.82) is 0 Å². The van der Waals surface area contributed by atoms with Crippen molar-refractivity contribution in [3.63, 3.8) is 0 Å². The summed E-state index contributed by atoms with van der Waals surface area (Å²) in [5.74, 6) is 0. The highest BCUT2D eigenvalue weighted by Gasteiger charge is 2.53. The lowest BCUT2D eigenvalue weighted by Gasteiger charge is -2.36. The second kappa shape index (κ2) is 19.5. The van der Waals surface area contributed by atoms with Gasteiger partial charge in [-0.2, -0.15) is 0 Å². The summed E-state index contributed by atoms with van der Waals surface area (Å²) in [5, 5.41) is 4.61. The van der Waals surface area contributed by atoms with Gasteiger partial charge in [-0.15, -0.1) is 0 Å². The third-order valence-electron chi connectivity index (χ3n) is 22.3. The second-order valence-corrected chi connectivity index (χ2v) is 27.7. The second-order valence-electron chi connectivity index (χ2n) is 27.7. The highest BCUT2D eigenvalue weighted by molar-refractivity contribution is 6.21. The molecular formula is C92H63NO2. The number of hydrogen-bond acceptors (Lipinski definition) is 3. The first-order chi connectivity index (χ1) is 46.6. The molecule has 0 fully saturated rings. The van der Waals surface area contributed by atoms with Gasteiger partial charge >= 0.3 is 0 Å². The fourth-order valence-electron chi connectivity index (χ4n) is 18.4. The number of benzene rings is 14. The highest BCUT2D eigenvalue weighted by Crippen LogP contribution is 2.67. The Labute approximate surface area is 552 Å². The monoisotopic (exact) mass is 1210 g/mol. The number of nitrogens with zero attached hydrogens (tertiary/aromatic N) is 1. The van der Waals surface area contributed by atoms with Crippen LogP contribution in [0.4, 0.5) is 17.1 Å². The van der Waals surface area contributed by atoms with Gasteiger partial charge in [-0.25, -0.2) is 0 Å². The van der Waals surface area contributed by atoms with Crippen LogP contribution in [0.1, 0.15) is 94.5 Å². The topological polar surface area (TPSA) is 29.5 Å². The fourth-order valence-corrected chi connectivity index (χ4v) is 18.4. The molecule has 14 aromatic carbocycles. The lowest BCUT2D eigenvalue weighted by atomic mass is 9.66. The third-order valence-corrected chi connectivity index (χ3v) is 22.3. The van der Waals surface area contributed by atoms with E-state index in [-0.39, 0.29) is 5.41 Å². The van der Waals surface area contributed by atoms with E-state index in [2.05, 4.69) is 342 Å². The summed E-state index contributed by atoms with van der Waals surface area (Å²) in [5.41, 5.74) is 32.3. The van der Waals surface area contributed by atoms with E-state index < -0.39 is 16.2 Å². The van der Waals surface area contributed by atoms with E-state index in [1.165, 1.54) is 128 Å². The van der Waals surface area contributed by atoms with Crippen molar-refractivity contribution in [3.05, 3.63) is 376 Å². The van der Waals surface area contributed by atoms with Gasteiger partial charge in [0.15, 0.2) is 0 Å². The van der Waals surface area contributed by atoms with Crippen molar-refractivity contribution in [2.75, 3.05) is 4.90 Å². The van der Waals surface area contributed by atoms with Gasteiger partial charge in [-0.05, 0) is 184 Å². The van der Waals surface area contributed by atoms with Gasteiger partial charge in [-0.1, -0.05) is 270 Å². The summed E-state index contributed by atoms with van der Waals surface area (Å²) < 4.78 is 14.0. The molecule has 4 aliphatic carbocycles. The van der Waals surface area contributed by atoms with E-state index in [0.29, 0.717) is 0 Å². The molecular weight excluding hydrogens is 1150 g/mol. The smallest absolute Gasteiger partial charge is 0.144 e. The summed E-state index contributed by atoms with van der Waals surface area (Å²) in [6, 6.07) is 116. The SMILES string of the molecule is CC1(C)c2ccccc2-c2c1c1c(c3c2oc2ccccc23)-c2ccc(N(c3ccc(-c4ccccc4)cc3)c3ccc4c(c3)C(c3ccccc3)(c3ccccc3)c3cc5c(cc3-4)C(c3ccccc3)(c3ccccc3)c3ccc4oc6ccccc6c4c3-5)cc2C1(C)C. The molecule has 0 aliphatic heterocycles. The molecule has 0 spiro atoms. The van der Waals surface area contributed by atoms with E-state index in [9.17, 15) is 0 Å². The van der Waals surface area contributed by atoms with Crippen LogP contribution in [0.5, 0.6) is 0 Å². The minimum atomic E-state index is -0.774. The van der Waals surface area contributed by atoms with E-state index in [1.807, 2.05) is 0 Å². The van der Waals surface area contributed by atoms with Crippen molar-refractivity contribution in [2.24, 2.45) is 0 Å². The molecule has 16 aromatic rings. The van der Waals surface area contributed by atoms with Crippen LogP contribution in [-0.2, 0) is 21.7 Å². The molecule has 0 atom stereocenters. The van der Waals surface area contributed by atoms with Crippen molar-refractivity contribution >= 4 is 60.9 Å². The predicted molar refractivity (Wildman–Crippen MR) is 391 cm³/mol. The summed E-state index contributed by atoms with van der Waals surface area (Å²) >= 11 is 0. The minimum Gasteiger partial charge on any atom is -0.456 e. The van der Waals surface area contributed by atoms with Crippen LogP contribution in [0.2, 0.25) is 0 Å².